The molecule has 0 radical (unpaired) electrons. The third-order valence-corrected chi connectivity index (χ3v) is 5.01. The summed E-state index contributed by atoms with van der Waals surface area (Å²) in [5.74, 6) is -0.352. The van der Waals surface area contributed by atoms with Gasteiger partial charge in [0.25, 0.3) is 0 Å². The molecule has 132 valence electrons. The minimum Gasteiger partial charge on any atom is -0.459 e. The van der Waals surface area contributed by atoms with E-state index in [0.29, 0.717) is 35.4 Å². The molecule has 4 heteroatoms. The fraction of sp³-hybridized carbons (Fsp3) is 0.550. The fourth-order valence-electron chi connectivity index (χ4n) is 3.20. The van der Waals surface area contributed by atoms with Crippen molar-refractivity contribution in [3.63, 3.8) is 0 Å². The Morgan fingerprint density at radius 1 is 1.21 bits per heavy atom. The van der Waals surface area contributed by atoms with E-state index in [1.54, 1.807) is 0 Å². The van der Waals surface area contributed by atoms with Crippen molar-refractivity contribution in [2.24, 2.45) is 0 Å². The van der Waals surface area contributed by atoms with E-state index in [1.807, 2.05) is 26.8 Å². The van der Waals surface area contributed by atoms with Crippen LogP contribution in [0.5, 0.6) is 0 Å². The molecule has 3 nitrogen and oxygen atoms in total. The minimum absolute atomic E-state index is 0.186. The van der Waals surface area contributed by atoms with Crippen molar-refractivity contribution in [2.75, 3.05) is 0 Å². The van der Waals surface area contributed by atoms with Gasteiger partial charge in [0.1, 0.15) is 6.10 Å². The molecule has 1 aliphatic rings. The minimum atomic E-state index is -0.500. The van der Waals surface area contributed by atoms with Crippen molar-refractivity contribution in [3.8, 4) is 0 Å². The Balaban J connectivity index is 2.41. The van der Waals surface area contributed by atoms with E-state index in [2.05, 4.69) is 12.2 Å². The standard InChI is InChI=1S/C20H27ClO3/c1-13-11-14(2)19(21)17-12-16(22)10-8-6-4-5-7-9-15(3)24-20(23)18(13)17/h5,7,11,15-16,22H,4,6,8-10,12H2,1-3H3/b7-5+/t15-,16?/m1/s1. The summed E-state index contributed by atoms with van der Waals surface area (Å²) in [6, 6.07) is 1.91. The SMILES string of the molecule is Cc1cc(C)c2c(c1Cl)CC(O)CCCC/C=C/C[C@@H](C)OC2=O. The lowest BCUT2D eigenvalue weighted by Gasteiger charge is -2.20. The van der Waals surface area contributed by atoms with Crippen molar-refractivity contribution < 1.29 is 14.6 Å². The van der Waals surface area contributed by atoms with Crippen LogP contribution in [0.2, 0.25) is 5.02 Å². The predicted octanol–water partition coefficient (Wildman–Crippen LogP) is 4.93. The summed E-state index contributed by atoms with van der Waals surface area (Å²) in [5, 5.41) is 10.9. The molecule has 0 fully saturated rings. The second-order valence-corrected chi connectivity index (χ2v) is 7.12. The molecule has 1 aromatic carbocycles. The van der Waals surface area contributed by atoms with Gasteiger partial charge >= 0.3 is 5.97 Å². The van der Waals surface area contributed by atoms with Gasteiger partial charge in [-0.15, -0.1) is 0 Å². The Morgan fingerprint density at radius 3 is 2.71 bits per heavy atom. The lowest BCUT2D eigenvalue weighted by atomic mass is 9.93. The van der Waals surface area contributed by atoms with Crippen LogP contribution in [0.1, 0.15) is 66.1 Å². The molecule has 0 spiro atoms. The average Bonchev–Trinajstić information content (AvgIpc) is 2.50. The Labute approximate surface area is 149 Å². The van der Waals surface area contributed by atoms with Crippen molar-refractivity contribution >= 4 is 17.6 Å². The number of hydrogen-bond donors (Lipinski definition) is 1. The molecule has 0 amide bonds. The molecule has 1 N–H and O–H groups in total. The number of carbonyl (C=O) groups is 1. The number of aliphatic hydroxyl groups is 1. The third-order valence-electron chi connectivity index (χ3n) is 4.49. The van der Waals surface area contributed by atoms with Gasteiger partial charge in [0, 0.05) is 17.9 Å². The number of allylic oxidation sites excluding steroid dienone is 1. The summed E-state index contributed by atoms with van der Waals surface area (Å²) in [5.41, 5.74) is 2.99. The van der Waals surface area contributed by atoms with Crippen LogP contribution in [0.15, 0.2) is 18.2 Å². The van der Waals surface area contributed by atoms with Crippen LogP contribution < -0.4 is 0 Å². The summed E-state index contributed by atoms with van der Waals surface area (Å²) < 4.78 is 5.60. The van der Waals surface area contributed by atoms with Gasteiger partial charge in [-0.05, 0) is 56.7 Å². The number of ether oxygens (including phenoxy) is 1. The summed E-state index contributed by atoms with van der Waals surface area (Å²) in [6.07, 6.45) is 8.31. The van der Waals surface area contributed by atoms with Crippen molar-refractivity contribution in [1.29, 1.82) is 0 Å². The number of halogens is 1. The van der Waals surface area contributed by atoms with Gasteiger partial charge in [0.15, 0.2) is 0 Å². The van der Waals surface area contributed by atoms with E-state index in [9.17, 15) is 9.90 Å². The first kappa shape index (κ1) is 19.0. The Morgan fingerprint density at radius 2 is 1.96 bits per heavy atom. The number of esters is 1. The summed E-state index contributed by atoms with van der Waals surface area (Å²) >= 11 is 6.47. The van der Waals surface area contributed by atoms with E-state index >= 15 is 0 Å². The topological polar surface area (TPSA) is 46.5 Å². The van der Waals surface area contributed by atoms with Gasteiger partial charge in [-0.2, -0.15) is 0 Å². The van der Waals surface area contributed by atoms with E-state index in [0.717, 1.165) is 30.4 Å². The molecule has 2 atom stereocenters. The summed E-state index contributed by atoms with van der Waals surface area (Å²) in [4.78, 5) is 12.7. The largest absolute Gasteiger partial charge is 0.459 e. The highest BCUT2D eigenvalue weighted by Gasteiger charge is 2.23. The van der Waals surface area contributed by atoms with E-state index in [4.69, 9.17) is 16.3 Å². The number of aliphatic hydroxyl groups excluding tert-OH is 1. The molecule has 0 saturated heterocycles. The van der Waals surface area contributed by atoms with Crippen LogP contribution in [0.25, 0.3) is 0 Å². The number of aryl methyl sites for hydroxylation is 2. The van der Waals surface area contributed by atoms with Crippen LogP contribution in [0, 0.1) is 13.8 Å². The first-order chi connectivity index (χ1) is 11.4. The Bertz CT molecular complexity index is 622. The fourth-order valence-corrected chi connectivity index (χ4v) is 3.42. The van der Waals surface area contributed by atoms with Crippen molar-refractivity contribution in [2.45, 2.75) is 71.5 Å². The number of cyclic esters (lactones) is 1. The van der Waals surface area contributed by atoms with Crippen LogP contribution in [0.3, 0.4) is 0 Å². The number of benzene rings is 1. The van der Waals surface area contributed by atoms with E-state index in [1.165, 1.54) is 0 Å². The lowest BCUT2D eigenvalue weighted by molar-refractivity contribution is 0.0345. The number of fused-ring (bicyclic) bond motifs is 1. The highest BCUT2D eigenvalue weighted by molar-refractivity contribution is 6.32. The van der Waals surface area contributed by atoms with Crippen LogP contribution in [0.4, 0.5) is 0 Å². The molecular formula is C20H27ClO3. The molecule has 1 unspecified atom stereocenters. The van der Waals surface area contributed by atoms with Gasteiger partial charge in [-0.3, -0.25) is 0 Å². The molecule has 0 aromatic heterocycles. The molecule has 1 aromatic rings. The molecule has 0 bridgehead atoms. The Kier molecular flexibility index (Phi) is 6.88. The maximum Gasteiger partial charge on any atom is 0.339 e. The first-order valence-electron chi connectivity index (χ1n) is 8.72. The number of rotatable bonds is 0. The second-order valence-electron chi connectivity index (χ2n) is 6.74. The average molecular weight is 351 g/mol. The molecule has 0 saturated carbocycles. The van der Waals surface area contributed by atoms with Crippen molar-refractivity contribution in [3.05, 3.63) is 45.5 Å². The van der Waals surface area contributed by atoms with E-state index < -0.39 is 6.10 Å². The maximum atomic E-state index is 12.7. The summed E-state index contributed by atoms with van der Waals surface area (Å²) in [7, 11) is 0. The number of hydrogen-bond acceptors (Lipinski definition) is 3. The summed E-state index contributed by atoms with van der Waals surface area (Å²) in [6.45, 7) is 5.71. The molecular weight excluding hydrogens is 324 g/mol. The smallest absolute Gasteiger partial charge is 0.339 e. The van der Waals surface area contributed by atoms with Gasteiger partial charge < -0.3 is 9.84 Å². The number of carbonyl (C=O) groups excluding carboxylic acids is 1. The first-order valence-corrected chi connectivity index (χ1v) is 9.10. The predicted molar refractivity (Wildman–Crippen MR) is 97.7 cm³/mol. The zero-order valence-electron chi connectivity index (χ0n) is 14.8. The van der Waals surface area contributed by atoms with Gasteiger partial charge in [-0.25, -0.2) is 4.79 Å². The Hall–Kier alpha value is -1.32. The van der Waals surface area contributed by atoms with Gasteiger partial charge in [0.05, 0.1) is 11.7 Å². The quantitative estimate of drug-likeness (QED) is 0.533. The highest BCUT2D eigenvalue weighted by atomic mass is 35.5. The monoisotopic (exact) mass is 350 g/mol. The zero-order valence-corrected chi connectivity index (χ0v) is 15.5. The lowest BCUT2D eigenvalue weighted by Crippen LogP contribution is -2.20. The second kappa shape index (κ2) is 8.68. The molecule has 2 rings (SSSR count). The highest BCUT2D eigenvalue weighted by Crippen LogP contribution is 2.30. The molecule has 0 aliphatic carbocycles. The van der Waals surface area contributed by atoms with Gasteiger partial charge in [-0.1, -0.05) is 36.2 Å². The molecule has 24 heavy (non-hydrogen) atoms. The van der Waals surface area contributed by atoms with Crippen LogP contribution in [-0.2, 0) is 11.2 Å². The van der Waals surface area contributed by atoms with Crippen molar-refractivity contribution in [1.82, 2.24) is 0 Å². The van der Waals surface area contributed by atoms with Crippen LogP contribution in [-0.4, -0.2) is 23.3 Å². The third kappa shape index (κ3) is 4.84. The zero-order chi connectivity index (χ0) is 17.7. The molecule has 1 aliphatic heterocycles. The van der Waals surface area contributed by atoms with Gasteiger partial charge in [0.2, 0.25) is 0 Å². The van der Waals surface area contributed by atoms with E-state index in [-0.39, 0.29) is 12.1 Å². The van der Waals surface area contributed by atoms with Crippen LogP contribution >= 0.6 is 11.6 Å². The normalized spacial score (nSPS) is 24.6. The maximum absolute atomic E-state index is 12.7. The molecule has 1 heterocycles.